The second kappa shape index (κ2) is 6.62. The van der Waals surface area contributed by atoms with E-state index in [1.54, 1.807) is 11.0 Å². The standard InChI is InChI=1S/C15H18BrClFNO3/c1-15(2,3)22-14(20)19-6-9(7-19)8-21-13-11(16)4-10(17)5-12(13)18/h4-5,9H,6-8H2,1-3H3. The number of hydrogen-bond donors (Lipinski definition) is 0. The van der Waals surface area contributed by atoms with Crippen LogP contribution in [0.25, 0.3) is 0 Å². The first-order valence-electron chi connectivity index (χ1n) is 6.91. The number of amides is 1. The topological polar surface area (TPSA) is 38.8 Å². The SMILES string of the molecule is CC(C)(C)OC(=O)N1CC(COc2c(F)cc(Cl)cc2Br)C1. The maximum atomic E-state index is 13.8. The highest BCUT2D eigenvalue weighted by Gasteiger charge is 2.34. The summed E-state index contributed by atoms with van der Waals surface area (Å²) in [6.07, 6.45) is -0.331. The van der Waals surface area contributed by atoms with Gasteiger partial charge >= 0.3 is 6.09 Å². The number of ether oxygens (including phenoxy) is 2. The maximum absolute atomic E-state index is 13.8. The molecule has 0 aromatic heterocycles. The summed E-state index contributed by atoms with van der Waals surface area (Å²) in [4.78, 5) is 13.4. The molecule has 22 heavy (non-hydrogen) atoms. The van der Waals surface area contributed by atoms with Crippen molar-refractivity contribution in [3.05, 3.63) is 27.4 Å². The molecule has 1 aliphatic heterocycles. The van der Waals surface area contributed by atoms with Crippen molar-refractivity contribution >= 4 is 33.6 Å². The number of halogens is 3. The summed E-state index contributed by atoms with van der Waals surface area (Å²) in [6.45, 7) is 6.89. The molecule has 0 N–H and O–H groups in total. The minimum absolute atomic E-state index is 0.139. The number of carbonyl (C=O) groups excluding carboxylic acids is 1. The largest absolute Gasteiger partial charge is 0.489 e. The fraction of sp³-hybridized carbons (Fsp3) is 0.533. The number of rotatable bonds is 3. The summed E-state index contributed by atoms with van der Waals surface area (Å²) in [6, 6.07) is 2.78. The van der Waals surface area contributed by atoms with E-state index < -0.39 is 11.4 Å². The second-order valence-electron chi connectivity index (χ2n) is 6.26. The molecular formula is C15H18BrClFNO3. The van der Waals surface area contributed by atoms with Crippen molar-refractivity contribution in [3.63, 3.8) is 0 Å². The van der Waals surface area contributed by atoms with Gasteiger partial charge in [0.05, 0.1) is 11.1 Å². The van der Waals surface area contributed by atoms with Crippen LogP contribution >= 0.6 is 27.5 Å². The van der Waals surface area contributed by atoms with E-state index in [2.05, 4.69) is 15.9 Å². The van der Waals surface area contributed by atoms with Crippen molar-refractivity contribution in [3.8, 4) is 5.75 Å². The molecule has 0 aliphatic carbocycles. The monoisotopic (exact) mass is 393 g/mol. The highest BCUT2D eigenvalue weighted by atomic mass is 79.9. The molecule has 0 bridgehead atoms. The quantitative estimate of drug-likeness (QED) is 0.758. The summed E-state index contributed by atoms with van der Waals surface area (Å²) in [5, 5.41) is 0.302. The van der Waals surface area contributed by atoms with E-state index in [-0.39, 0.29) is 17.8 Å². The zero-order valence-electron chi connectivity index (χ0n) is 12.7. The average Bonchev–Trinajstić information content (AvgIpc) is 2.27. The first-order chi connectivity index (χ1) is 10.2. The molecule has 1 heterocycles. The van der Waals surface area contributed by atoms with Crippen molar-refractivity contribution in [1.29, 1.82) is 0 Å². The van der Waals surface area contributed by atoms with Crippen LogP contribution in [-0.2, 0) is 4.74 Å². The summed E-state index contributed by atoms with van der Waals surface area (Å²) in [5.74, 6) is -0.211. The van der Waals surface area contributed by atoms with Gasteiger partial charge in [-0.25, -0.2) is 9.18 Å². The lowest BCUT2D eigenvalue weighted by molar-refractivity contribution is -0.00809. The van der Waals surface area contributed by atoms with Crippen LogP contribution in [0.15, 0.2) is 16.6 Å². The maximum Gasteiger partial charge on any atom is 0.410 e. The molecule has 1 fully saturated rings. The van der Waals surface area contributed by atoms with Crippen LogP contribution in [-0.4, -0.2) is 36.3 Å². The molecule has 122 valence electrons. The van der Waals surface area contributed by atoms with Crippen LogP contribution in [0.2, 0.25) is 5.02 Å². The fourth-order valence-corrected chi connectivity index (χ4v) is 2.91. The zero-order chi connectivity index (χ0) is 16.5. The van der Waals surface area contributed by atoms with Crippen LogP contribution < -0.4 is 4.74 Å². The Kier molecular flexibility index (Phi) is 5.22. The van der Waals surface area contributed by atoms with Crippen molar-refractivity contribution < 1.29 is 18.7 Å². The Morgan fingerprint density at radius 2 is 2.09 bits per heavy atom. The Hall–Kier alpha value is -1.01. The molecule has 0 saturated carbocycles. The van der Waals surface area contributed by atoms with Crippen LogP contribution in [0, 0.1) is 11.7 Å². The molecule has 2 rings (SSSR count). The lowest BCUT2D eigenvalue weighted by atomic mass is 10.0. The summed E-state index contributed by atoms with van der Waals surface area (Å²) in [7, 11) is 0. The Morgan fingerprint density at radius 1 is 1.45 bits per heavy atom. The Balaban J connectivity index is 1.81. The first kappa shape index (κ1) is 17.3. The van der Waals surface area contributed by atoms with Gasteiger partial charge in [0.15, 0.2) is 11.6 Å². The van der Waals surface area contributed by atoms with Gasteiger partial charge < -0.3 is 14.4 Å². The zero-order valence-corrected chi connectivity index (χ0v) is 15.0. The van der Waals surface area contributed by atoms with E-state index >= 15 is 0 Å². The lowest BCUT2D eigenvalue weighted by Crippen LogP contribution is -2.53. The van der Waals surface area contributed by atoms with Gasteiger partial charge in [0.25, 0.3) is 0 Å². The predicted molar refractivity (Wildman–Crippen MR) is 85.9 cm³/mol. The second-order valence-corrected chi connectivity index (χ2v) is 7.55. The lowest BCUT2D eigenvalue weighted by Gasteiger charge is -2.39. The molecule has 1 amide bonds. The van der Waals surface area contributed by atoms with E-state index in [0.717, 1.165) is 0 Å². The van der Waals surface area contributed by atoms with Crippen LogP contribution in [0.4, 0.5) is 9.18 Å². The van der Waals surface area contributed by atoms with E-state index in [9.17, 15) is 9.18 Å². The molecule has 0 spiro atoms. The van der Waals surface area contributed by atoms with Gasteiger partial charge in [-0.2, -0.15) is 0 Å². The Morgan fingerprint density at radius 3 is 2.64 bits per heavy atom. The van der Waals surface area contributed by atoms with Crippen LogP contribution in [0.3, 0.4) is 0 Å². The molecular weight excluding hydrogens is 377 g/mol. The number of carbonyl (C=O) groups is 1. The third-order valence-electron chi connectivity index (χ3n) is 3.04. The fourth-order valence-electron chi connectivity index (χ4n) is 2.02. The molecule has 1 aromatic carbocycles. The first-order valence-corrected chi connectivity index (χ1v) is 8.08. The minimum Gasteiger partial charge on any atom is -0.489 e. The van der Waals surface area contributed by atoms with Gasteiger partial charge in [-0.15, -0.1) is 0 Å². The highest BCUT2D eigenvalue weighted by Crippen LogP contribution is 2.32. The van der Waals surface area contributed by atoms with Crippen molar-refractivity contribution in [2.24, 2.45) is 5.92 Å². The molecule has 1 saturated heterocycles. The van der Waals surface area contributed by atoms with Gasteiger partial charge in [0.1, 0.15) is 5.60 Å². The van der Waals surface area contributed by atoms with Crippen molar-refractivity contribution in [1.82, 2.24) is 4.90 Å². The van der Waals surface area contributed by atoms with Crippen LogP contribution in [0.1, 0.15) is 20.8 Å². The van der Waals surface area contributed by atoms with E-state index in [4.69, 9.17) is 21.1 Å². The van der Waals surface area contributed by atoms with Gasteiger partial charge in [-0.3, -0.25) is 0 Å². The Bertz CT molecular complexity index is 547. The van der Waals surface area contributed by atoms with Gasteiger partial charge in [0.2, 0.25) is 0 Å². The summed E-state index contributed by atoms with van der Waals surface area (Å²) >= 11 is 8.97. The summed E-state index contributed by atoms with van der Waals surface area (Å²) in [5.41, 5.74) is -0.504. The van der Waals surface area contributed by atoms with Crippen LogP contribution in [0.5, 0.6) is 5.75 Å². The Labute approximate surface area is 142 Å². The van der Waals surface area contributed by atoms with E-state index in [1.807, 2.05) is 20.8 Å². The molecule has 7 heteroatoms. The number of benzene rings is 1. The summed E-state index contributed by atoms with van der Waals surface area (Å²) < 4.78 is 25.0. The van der Waals surface area contributed by atoms with Crippen molar-refractivity contribution in [2.75, 3.05) is 19.7 Å². The molecule has 4 nitrogen and oxygen atoms in total. The molecule has 0 radical (unpaired) electrons. The third-order valence-corrected chi connectivity index (χ3v) is 3.84. The molecule has 1 aromatic rings. The van der Waals surface area contributed by atoms with Gasteiger partial charge in [-0.1, -0.05) is 11.6 Å². The van der Waals surface area contributed by atoms with Gasteiger partial charge in [0, 0.05) is 24.0 Å². The van der Waals surface area contributed by atoms with Crippen molar-refractivity contribution in [2.45, 2.75) is 26.4 Å². The molecule has 0 atom stereocenters. The van der Waals surface area contributed by atoms with E-state index in [1.165, 1.54) is 6.07 Å². The average molecular weight is 395 g/mol. The number of nitrogens with zero attached hydrogens (tertiary/aromatic N) is 1. The highest BCUT2D eigenvalue weighted by molar-refractivity contribution is 9.10. The molecule has 0 unspecified atom stereocenters. The molecule has 1 aliphatic rings. The minimum atomic E-state index is -0.511. The number of hydrogen-bond acceptors (Lipinski definition) is 3. The third kappa shape index (κ3) is 4.49. The van der Waals surface area contributed by atoms with Gasteiger partial charge in [-0.05, 0) is 48.8 Å². The van der Waals surface area contributed by atoms with E-state index in [0.29, 0.717) is 29.2 Å². The predicted octanol–water partition coefficient (Wildman–Crippen LogP) is 4.49. The normalized spacial score (nSPS) is 15.5. The number of likely N-dealkylation sites (tertiary alicyclic amines) is 1. The smallest absolute Gasteiger partial charge is 0.410 e.